The van der Waals surface area contributed by atoms with Crippen LogP contribution in [0.3, 0.4) is 0 Å². The third-order valence-electron chi connectivity index (χ3n) is 3.30. The highest BCUT2D eigenvalue weighted by atomic mass is 19.4. The first kappa shape index (κ1) is 16.6. The highest BCUT2D eigenvalue weighted by molar-refractivity contribution is 5.87. The van der Waals surface area contributed by atoms with Gasteiger partial charge in [0.1, 0.15) is 11.4 Å². The molecule has 3 rings (SSSR count). The van der Waals surface area contributed by atoms with Gasteiger partial charge in [-0.3, -0.25) is 4.79 Å². The average molecular weight is 356 g/mol. The Hall–Kier alpha value is -3.24. The summed E-state index contributed by atoms with van der Waals surface area (Å²) in [6.45, 7) is -0.139. The van der Waals surface area contributed by atoms with Gasteiger partial charge in [-0.25, -0.2) is 9.18 Å². The van der Waals surface area contributed by atoms with Crippen LogP contribution in [0.15, 0.2) is 35.3 Å². The molecular formula is C14H8F4N4O3. The summed E-state index contributed by atoms with van der Waals surface area (Å²) in [6.07, 6.45) is -4.03. The number of carboxylic acids is 1. The lowest BCUT2D eigenvalue weighted by molar-refractivity contribution is -0.144. The topological polar surface area (TPSA) is 89.5 Å². The lowest BCUT2D eigenvalue weighted by atomic mass is 10.2. The Bertz CT molecular complexity index is 1020. The maximum Gasteiger partial charge on any atom is 0.453 e. The summed E-state index contributed by atoms with van der Waals surface area (Å²) in [5.41, 5.74) is -1.55. The molecule has 0 unspecified atom stereocenters. The van der Waals surface area contributed by atoms with Crippen LogP contribution in [0, 0.1) is 5.82 Å². The number of nitrogens with zero attached hydrogens (tertiary/aromatic N) is 4. The van der Waals surface area contributed by atoms with Gasteiger partial charge >= 0.3 is 12.1 Å². The fourth-order valence-corrected chi connectivity index (χ4v) is 2.18. The van der Waals surface area contributed by atoms with Gasteiger partial charge in [0.15, 0.2) is 0 Å². The zero-order valence-electron chi connectivity index (χ0n) is 12.2. The summed E-state index contributed by atoms with van der Waals surface area (Å²) in [7, 11) is 0. The monoisotopic (exact) mass is 356 g/mol. The van der Waals surface area contributed by atoms with E-state index in [0.29, 0.717) is 5.56 Å². The molecule has 0 radical (unpaired) electrons. The van der Waals surface area contributed by atoms with Crippen molar-refractivity contribution in [1.29, 1.82) is 0 Å². The summed E-state index contributed by atoms with van der Waals surface area (Å²) in [5.74, 6) is -4.18. The van der Waals surface area contributed by atoms with Gasteiger partial charge in [0.2, 0.25) is 5.78 Å². The highest BCUT2D eigenvalue weighted by Crippen LogP contribution is 2.26. The van der Waals surface area contributed by atoms with E-state index in [9.17, 15) is 27.2 Å². The molecule has 7 nitrogen and oxygen atoms in total. The number of hydrogen-bond acceptors (Lipinski definition) is 4. The molecule has 2 aromatic heterocycles. The van der Waals surface area contributed by atoms with Crippen molar-refractivity contribution in [3.8, 4) is 0 Å². The van der Waals surface area contributed by atoms with Gasteiger partial charge in [-0.15, -0.1) is 5.10 Å². The van der Waals surface area contributed by atoms with Gasteiger partial charge in [-0.05, 0) is 17.7 Å². The molecule has 130 valence electrons. The number of aromatic carboxylic acids is 1. The molecule has 0 saturated heterocycles. The fourth-order valence-electron chi connectivity index (χ4n) is 2.18. The Balaban J connectivity index is 2.23. The molecule has 0 atom stereocenters. The number of hydrogen-bond donors (Lipinski definition) is 1. The average Bonchev–Trinajstić information content (AvgIpc) is 2.98. The fraction of sp³-hybridized carbons (Fsp3) is 0.143. The summed E-state index contributed by atoms with van der Waals surface area (Å²) in [5, 5.41) is 12.1. The number of carboxylic acid groups (broad SMARTS) is 1. The van der Waals surface area contributed by atoms with Crippen LogP contribution in [0.1, 0.15) is 21.7 Å². The van der Waals surface area contributed by atoms with Crippen LogP contribution < -0.4 is 5.56 Å². The van der Waals surface area contributed by atoms with E-state index in [1.165, 1.54) is 12.1 Å². The Morgan fingerprint density at radius 2 is 1.84 bits per heavy atom. The van der Waals surface area contributed by atoms with E-state index in [-0.39, 0.29) is 11.1 Å². The zero-order chi connectivity index (χ0) is 18.4. The van der Waals surface area contributed by atoms with E-state index < -0.39 is 40.7 Å². The smallest absolute Gasteiger partial charge is 0.453 e. The van der Waals surface area contributed by atoms with Crippen molar-refractivity contribution >= 4 is 11.7 Å². The summed E-state index contributed by atoms with van der Waals surface area (Å²) in [6, 6.07) is 5.01. The van der Waals surface area contributed by atoms with Crippen molar-refractivity contribution < 1.29 is 27.5 Å². The van der Waals surface area contributed by atoms with Gasteiger partial charge in [0, 0.05) is 6.20 Å². The molecule has 1 N–H and O–H groups in total. The van der Waals surface area contributed by atoms with Crippen LogP contribution in [-0.4, -0.2) is 30.2 Å². The lowest BCUT2D eigenvalue weighted by Gasteiger charge is -2.09. The van der Waals surface area contributed by atoms with Crippen molar-refractivity contribution in [2.75, 3.05) is 0 Å². The van der Waals surface area contributed by atoms with Crippen molar-refractivity contribution in [2.24, 2.45) is 0 Å². The molecular weight excluding hydrogens is 348 g/mol. The Kier molecular flexibility index (Phi) is 3.78. The molecule has 0 spiro atoms. The van der Waals surface area contributed by atoms with Crippen molar-refractivity contribution in [3.63, 3.8) is 0 Å². The van der Waals surface area contributed by atoms with Crippen molar-refractivity contribution in [2.45, 2.75) is 12.7 Å². The Labute approximate surface area is 135 Å². The van der Waals surface area contributed by atoms with Crippen LogP contribution in [0.4, 0.5) is 17.6 Å². The number of aromatic nitrogens is 4. The van der Waals surface area contributed by atoms with Crippen LogP contribution in [0.2, 0.25) is 0 Å². The predicted octanol–water partition coefficient (Wildman–Crippen LogP) is 1.80. The van der Waals surface area contributed by atoms with Crippen LogP contribution in [-0.2, 0) is 12.7 Å². The second kappa shape index (κ2) is 5.69. The Morgan fingerprint density at radius 1 is 1.20 bits per heavy atom. The first-order chi connectivity index (χ1) is 11.7. The third kappa shape index (κ3) is 3.07. The molecule has 0 aliphatic carbocycles. The Morgan fingerprint density at radius 3 is 2.40 bits per heavy atom. The molecule has 0 amide bonds. The largest absolute Gasteiger partial charge is 0.477 e. The minimum Gasteiger partial charge on any atom is -0.477 e. The van der Waals surface area contributed by atoms with Crippen LogP contribution in [0.5, 0.6) is 0 Å². The first-order valence-electron chi connectivity index (χ1n) is 6.72. The van der Waals surface area contributed by atoms with Crippen molar-refractivity contribution in [1.82, 2.24) is 19.2 Å². The second-order valence-corrected chi connectivity index (χ2v) is 5.05. The van der Waals surface area contributed by atoms with E-state index in [1.807, 2.05) is 0 Å². The van der Waals surface area contributed by atoms with E-state index in [4.69, 9.17) is 5.11 Å². The maximum atomic E-state index is 13.0. The van der Waals surface area contributed by atoms with Crippen molar-refractivity contribution in [3.05, 3.63) is 63.6 Å². The van der Waals surface area contributed by atoms with E-state index in [1.54, 1.807) is 0 Å². The number of alkyl halides is 3. The highest BCUT2D eigenvalue weighted by Gasteiger charge is 2.37. The standard InChI is InChI=1S/C14H8F4N4O3/c15-8-3-1-7(2-4-8)5-21-6-9(11(24)25)10(23)22-13(21)19-12(20-22)14(16,17)18/h1-4,6H,5H2,(H,24,25). The number of rotatable bonds is 3. The SMILES string of the molecule is O=C(O)c1cn(Cc2ccc(F)cc2)c2nc(C(F)(F)F)nn2c1=O. The summed E-state index contributed by atoms with van der Waals surface area (Å²) in [4.78, 5) is 26.5. The van der Waals surface area contributed by atoms with Gasteiger partial charge < -0.3 is 9.67 Å². The lowest BCUT2D eigenvalue weighted by Crippen LogP contribution is -2.26. The summed E-state index contributed by atoms with van der Waals surface area (Å²) >= 11 is 0. The molecule has 3 aromatic rings. The van der Waals surface area contributed by atoms with Gasteiger partial charge in [-0.2, -0.15) is 22.7 Å². The van der Waals surface area contributed by atoms with Gasteiger partial charge in [-0.1, -0.05) is 12.1 Å². The molecule has 2 heterocycles. The molecule has 11 heteroatoms. The quantitative estimate of drug-likeness (QED) is 0.723. The molecule has 0 aliphatic rings. The molecule has 0 fully saturated rings. The molecule has 25 heavy (non-hydrogen) atoms. The predicted molar refractivity (Wildman–Crippen MR) is 74.7 cm³/mol. The van der Waals surface area contributed by atoms with E-state index in [0.717, 1.165) is 22.9 Å². The van der Waals surface area contributed by atoms with Crippen LogP contribution >= 0.6 is 0 Å². The number of carbonyl (C=O) groups is 1. The minimum absolute atomic E-state index is 0.139. The van der Waals surface area contributed by atoms with E-state index in [2.05, 4.69) is 10.1 Å². The van der Waals surface area contributed by atoms with Crippen LogP contribution in [0.25, 0.3) is 5.78 Å². The normalized spacial score (nSPS) is 11.8. The molecule has 0 bridgehead atoms. The number of fused-ring (bicyclic) bond motifs is 1. The van der Waals surface area contributed by atoms with Gasteiger partial charge in [0.05, 0.1) is 6.54 Å². The number of halogens is 4. The summed E-state index contributed by atoms with van der Waals surface area (Å²) < 4.78 is 52.7. The maximum absolute atomic E-state index is 13.0. The molecule has 0 saturated carbocycles. The second-order valence-electron chi connectivity index (χ2n) is 5.05. The van der Waals surface area contributed by atoms with Gasteiger partial charge in [0.25, 0.3) is 11.4 Å². The van der Waals surface area contributed by atoms with E-state index >= 15 is 0 Å². The number of benzene rings is 1. The first-order valence-corrected chi connectivity index (χ1v) is 6.72. The molecule has 1 aromatic carbocycles. The zero-order valence-corrected chi connectivity index (χ0v) is 12.2. The third-order valence-corrected chi connectivity index (χ3v) is 3.30. The minimum atomic E-state index is -4.91. The molecule has 0 aliphatic heterocycles.